The van der Waals surface area contributed by atoms with Gasteiger partial charge >= 0.3 is 0 Å². The van der Waals surface area contributed by atoms with Crippen molar-refractivity contribution in [2.75, 3.05) is 39.9 Å². The molecule has 6 nitrogen and oxygen atoms in total. The van der Waals surface area contributed by atoms with Crippen LogP contribution in [0.15, 0.2) is 29.2 Å². The van der Waals surface area contributed by atoms with E-state index in [1.165, 1.54) is 6.07 Å². The van der Waals surface area contributed by atoms with Gasteiger partial charge in [-0.15, -0.1) is 0 Å². The molecule has 0 aromatic heterocycles. The summed E-state index contributed by atoms with van der Waals surface area (Å²) in [4.78, 5) is 0.198. The first-order valence-electron chi connectivity index (χ1n) is 8.22. The average molecular weight is 349 g/mol. The normalized spacial score (nSPS) is 24.1. The highest BCUT2D eigenvalue weighted by Gasteiger charge is 2.50. The van der Waals surface area contributed by atoms with Crippen LogP contribution in [0.1, 0.15) is 18.4 Å². The molecule has 1 spiro atoms. The first kappa shape index (κ1) is 17.4. The topological polar surface area (TPSA) is 82.4 Å². The van der Waals surface area contributed by atoms with Crippen LogP contribution in [-0.4, -0.2) is 52.6 Å². The summed E-state index contributed by atoms with van der Waals surface area (Å²) < 4.78 is 33.0. The number of piperidine rings is 1. The van der Waals surface area contributed by atoms with Gasteiger partial charge in [0.2, 0.25) is 10.0 Å². The lowest BCUT2D eigenvalue weighted by atomic mass is 9.71. The second kappa shape index (κ2) is 6.81. The van der Waals surface area contributed by atoms with E-state index in [-0.39, 0.29) is 16.2 Å². The predicted octanol–water partition coefficient (Wildman–Crippen LogP) is 1.19. The molecule has 1 aromatic rings. The van der Waals surface area contributed by atoms with Gasteiger partial charge in [0, 0.05) is 26.1 Å². The number of rotatable bonds is 4. The lowest BCUT2D eigenvalue weighted by molar-refractivity contribution is 0.0718. The Hall–Kier alpha value is -1.46. The molecule has 7 heteroatoms. The average Bonchev–Trinajstić information content (AvgIpc) is 2.94. The molecule has 2 heterocycles. The zero-order chi connectivity index (χ0) is 17.2. The lowest BCUT2D eigenvalue weighted by Gasteiger charge is -2.38. The molecule has 0 radical (unpaired) electrons. The monoisotopic (exact) mass is 349 g/mol. The van der Waals surface area contributed by atoms with Crippen molar-refractivity contribution in [1.29, 1.82) is 5.26 Å². The van der Waals surface area contributed by atoms with E-state index >= 15 is 0 Å². The maximum Gasteiger partial charge on any atom is 0.243 e. The van der Waals surface area contributed by atoms with E-state index in [0.717, 1.165) is 25.9 Å². The zero-order valence-corrected chi connectivity index (χ0v) is 14.7. The zero-order valence-electron chi connectivity index (χ0n) is 13.9. The molecule has 0 aliphatic carbocycles. The number of hydrogen-bond donors (Lipinski definition) is 1. The van der Waals surface area contributed by atoms with E-state index in [1.54, 1.807) is 29.6 Å². The van der Waals surface area contributed by atoms with Crippen LogP contribution in [0.4, 0.5) is 0 Å². The second-order valence-corrected chi connectivity index (χ2v) is 8.64. The fourth-order valence-electron chi connectivity index (χ4n) is 3.96. The number of hydrogen-bond acceptors (Lipinski definition) is 5. The molecule has 2 aliphatic heterocycles. The van der Waals surface area contributed by atoms with Crippen molar-refractivity contribution in [3.63, 3.8) is 0 Å². The van der Waals surface area contributed by atoms with Gasteiger partial charge < -0.3 is 10.1 Å². The summed E-state index contributed by atoms with van der Waals surface area (Å²) in [6, 6.07) is 8.26. The summed E-state index contributed by atoms with van der Waals surface area (Å²) in [7, 11) is -1.92. The molecule has 24 heavy (non-hydrogen) atoms. The number of sulfonamides is 1. The quantitative estimate of drug-likeness (QED) is 0.883. The van der Waals surface area contributed by atoms with Crippen LogP contribution in [0.25, 0.3) is 0 Å². The molecule has 0 saturated carbocycles. The molecule has 2 aliphatic rings. The Morgan fingerprint density at radius 1 is 1.42 bits per heavy atom. The summed E-state index contributed by atoms with van der Waals surface area (Å²) in [5.41, 5.74) is 0.349. The number of nitrogens with zero attached hydrogens (tertiary/aromatic N) is 2. The van der Waals surface area contributed by atoms with Gasteiger partial charge in [-0.3, -0.25) is 0 Å². The Kier molecular flexibility index (Phi) is 4.92. The Morgan fingerprint density at radius 2 is 2.17 bits per heavy atom. The Morgan fingerprint density at radius 3 is 2.83 bits per heavy atom. The van der Waals surface area contributed by atoms with E-state index in [1.807, 2.05) is 6.07 Å². The van der Waals surface area contributed by atoms with E-state index < -0.39 is 10.0 Å². The van der Waals surface area contributed by atoms with Crippen LogP contribution >= 0.6 is 0 Å². The first-order chi connectivity index (χ1) is 11.5. The van der Waals surface area contributed by atoms with Crippen molar-refractivity contribution in [3.8, 4) is 6.07 Å². The summed E-state index contributed by atoms with van der Waals surface area (Å²) in [5.74, 6) is 0.207. The Labute approximate surface area is 143 Å². The summed E-state index contributed by atoms with van der Waals surface area (Å²) >= 11 is 0. The molecule has 0 bridgehead atoms. The van der Waals surface area contributed by atoms with Crippen LogP contribution in [0.3, 0.4) is 0 Å². The molecule has 130 valence electrons. The standard InChI is InChI=1S/C17H23N3O3S/c1-23-12-15-11-20(13-17(15)5-7-19-8-6-17)24(21,22)16-4-2-3-14(9-16)10-18/h2-4,9,15,19H,5-8,11-13H2,1H3. The van der Waals surface area contributed by atoms with Gasteiger partial charge in [-0.2, -0.15) is 9.57 Å². The van der Waals surface area contributed by atoms with Crippen molar-refractivity contribution in [2.45, 2.75) is 17.7 Å². The minimum absolute atomic E-state index is 0.0127. The summed E-state index contributed by atoms with van der Waals surface area (Å²) in [6.45, 7) is 3.41. The largest absolute Gasteiger partial charge is 0.384 e. The van der Waals surface area contributed by atoms with Gasteiger partial charge in [0.25, 0.3) is 0 Å². The molecule has 2 fully saturated rings. The van der Waals surface area contributed by atoms with Gasteiger partial charge in [-0.25, -0.2) is 8.42 Å². The maximum absolute atomic E-state index is 13.0. The van der Waals surface area contributed by atoms with E-state index in [4.69, 9.17) is 10.00 Å². The van der Waals surface area contributed by atoms with E-state index in [2.05, 4.69) is 5.32 Å². The second-order valence-electron chi connectivity index (χ2n) is 6.70. The van der Waals surface area contributed by atoms with Gasteiger partial charge in [0.05, 0.1) is 23.1 Å². The number of nitrogens with one attached hydrogen (secondary N) is 1. The fraction of sp³-hybridized carbons (Fsp3) is 0.588. The van der Waals surface area contributed by atoms with Gasteiger partial charge in [-0.1, -0.05) is 6.07 Å². The van der Waals surface area contributed by atoms with E-state index in [0.29, 0.717) is 25.3 Å². The highest BCUT2D eigenvalue weighted by atomic mass is 32.2. The third-order valence-corrected chi connectivity index (χ3v) is 7.16. The molecule has 2 saturated heterocycles. The molecule has 1 unspecified atom stereocenters. The minimum Gasteiger partial charge on any atom is -0.384 e. The molecule has 1 atom stereocenters. The van der Waals surface area contributed by atoms with Gasteiger partial charge in [0.1, 0.15) is 0 Å². The fourth-order valence-corrected chi connectivity index (χ4v) is 5.59. The number of benzene rings is 1. The van der Waals surface area contributed by atoms with Crippen molar-refractivity contribution in [3.05, 3.63) is 29.8 Å². The van der Waals surface area contributed by atoms with Crippen molar-refractivity contribution < 1.29 is 13.2 Å². The molecule has 1 N–H and O–H groups in total. The smallest absolute Gasteiger partial charge is 0.243 e. The molecule has 3 rings (SSSR count). The van der Waals surface area contributed by atoms with Crippen molar-refractivity contribution in [1.82, 2.24) is 9.62 Å². The summed E-state index contributed by atoms with van der Waals surface area (Å²) in [6.07, 6.45) is 1.93. The number of methoxy groups -OCH3 is 1. The molecular weight excluding hydrogens is 326 g/mol. The molecule has 0 amide bonds. The molecule has 1 aromatic carbocycles. The first-order valence-corrected chi connectivity index (χ1v) is 9.66. The number of nitriles is 1. The van der Waals surface area contributed by atoms with E-state index in [9.17, 15) is 8.42 Å². The maximum atomic E-state index is 13.0. The Balaban J connectivity index is 1.90. The minimum atomic E-state index is -3.59. The number of ether oxygens (including phenoxy) is 1. The third-order valence-electron chi connectivity index (χ3n) is 5.35. The SMILES string of the molecule is COCC1CN(S(=O)(=O)c2cccc(C#N)c2)CC12CCNCC2. The van der Waals surface area contributed by atoms with Crippen molar-refractivity contribution in [2.24, 2.45) is 11.3 Å². The van der Waals surface area contributed by atoms with Crippen LogP contribution in [-0.2, 0) is 14.8 Å². The van der Waals surface area contributed by atoms with Crippen LogP contribution in [0.5, 0.6) is 0 Å². The highest BCUT2D eigenvalue weighted by molar-refractivity contribution is 7.89. The highest BCUT2D eigenvalue weighted by Crippen LogP contribution is 2.45. The third kappa shape index (κ3) is 3.07. The van der Waals surface area contributed by atoms with Crippen LogP contribution in [0.2, 0.25) is 0 Å². The predicted molar refractivity (Wildman–Crippen MR) is 89.8 cm³/mol. The van der Waals surface area contributed by atoms with Crippen LogP contribution in [0, 0.1) is 22.7 Å². The lowest BCUT2D eigenvalue weighted by Crippen LogP contribution is -2.43. The van der Waals surface area contributed by atoms with Crippen LogP contribution < -0.4 is 5.32 Å². The Bertz CT molecular complexity index is 736. The van der Waals surface area contributed by atoms with Gasteiger partial charge in [-0.05, 0) is 49.5 Å². The van der Waals surface area contributed by atoms with Gasteiger partial charge in [0.15, 0.2) is 0 Å². The van der Waals surface area contributed by atoms with Crippen molar-refractivity contribution >= 4 is 10.0 Å². The molecular formula is C17H23N3O3S. The summed E-state index contributed by atoms with van der Waals surface area (Å²) in [5, 5.41) is 12.4.